The van der Waals surface area contributed by atoms with Crippen molar-refractivity contribution in [3.63, 3.8) is 0 Å². The number of phenols is 1. The summed E-state index contributed by atoms with van der Waals surface area (Å²) in [4.78, 5) is 40.2. The van der Waals surface area contributed by atoms with Crippen LogP contribution in [0, 0.1) is 0 Å². The SMILES string of the molecule is CSc1cccc(N2C(=O)[C@H](CC(=O)O)N(Cc3cccc(O)c3)C2=O)c1. The Morgan fingerprint density at radius 3 is 2.56 bits per heavy atom. The third-order valence-corrected chi connectivity index (χ3v) is 4.99. The number of hydrogen-bond donors (Lipinski definition) is 2. The smallest absolute Gasteiger partial charge is 0.332 e. The number of carbonyl (C=O) groups excluding carboxylic acids is 2. The first kappa shape index (κ1) is 18.8. The Hall–Kier alpha value is -3.00. The number of nitrogens with zero attached hydrogens (tertiary/aromatic N) is 2. The summed E-state index contributed by atoms with van der Waals surface area (Å²) in [5.74, 6) is -1.70. The monoisotopic (exact) mass is 386 g/mol. The molecule has 0 saturated carbocycles. The number of carboxylic acids is 1. The number of imide groups is 1. The Morgan fingerprint density at radius 2 is 1.89 bits per heavy atom. The van der Waals surface area contributed by atoms with Crippen molar-refractivity contribution in [2.75, 3.05) is 11.2 Å². The molecule has 0 radical (unpaired) electrons. The number of aromatic hydroxyl groups is 1. The molecular formula is C19H18N2O5S. The first-order chi connectivity index (χ1) is 12.9. The second-order valence-electron chi connectivity index (χ2n) is 6.07. The van der Waals surface area contributed by atoms with Crippen LogP contribution in [-0.2, 0) is 16.1 Å². The van der Waals surface area contributed by atoms with Crippen LogP contribution >= 0.6 is 11.8 Å². The summed E-state index contributed by atoms with van der Waals surface area (Å²) >= 11 is 1.48. The summed E-state index contributed by atoms with van der Waals surface area (Å²) < 4.78 is 0. The molecule has 0 aliphatic carbocycles. The molecule has 2 aromatic carbocycles. The van der Waals surface area contributed by atoms with Gasteiger partial charge in [0.25, 0.3) is 5.91 Å². The number of benzene rings is 2. The molecule has 1 heterocycles. The fourth-order valence-corrected chi connectivity index (χ4v) is 3.47. The van der Waals surface area contributed by atoms with E-state index < -0.39 is 30.4 Å². The van der Waals surface area contributed by atoms with Crippen molar-refractivity contribution < 1.29 is 24.6 Å². The second-order valence-corrected chi connectivity index (χ2v) is 6.95. The minimum absolute atomic E-state index is 0.0235. The van der Waals surface area contributed by atoms with E-state index in [9.17, 15) is 24.6 Å². The molecule has 2 N–H and O–H groups in total. The average molecular weight is 386 g/mol. The molecule has 1 fully saturated rings. The molecule has 0 unspecified atom stereocenters. The molecule has 1 saturated heterocycles. The number of urea groups is 1. The van der Waals surface area contributed by atoms with E-state index in [-0.39, 0.29) is 12.3 Å². The molecule has 140 valence electrons. The summed E-state index contributed by atoms with van der Waals surface area (Å²) in [6.07, 6.45) is 1.40. The van der Waals surface area contributed by atoms with E-state index >= 15 is 0 Å². The highest BCUT2D eigenvalue weighted by Gasteiger charge is 2.46. The van der Waals surface area contributed by atoms with Gasteiger partial charge in [-0.1, -0.05) is 18.2 Å². The first-order valence-corrected chi connectivity index (χ1v) is 9.41. The Labute approximate surface area is 160 Å². The molecule has 0 aromatic heterocycles. The highest BCUT2D eigenvalue weighted by molar-refractivity contribution is 7.98. The lowest BCUT2D eigenvalue weighted by Gasteiger charge is -2.21. The molecule has 2 aromatic rings. The van der Waals surface area contributed by atoms with E-state index in [1.807, 2.05) is 12.3 Å². The third kappa shape index (κ3) is 3.90. The number of carbonyl (C=O) groups is 3. The van der Waals surface area contributed by atoms with Gasteiger partial charge in [-0.25, -0.2) is 9.69 Å². The van der Waals surface area contributed by atoms with Gasteiger partial charge in [0.2, 0.25) is 0 Å². The van der Waals surface area contributed by atoms with E-state index in [1.165, 1.54) is 28.8 Å². The van der Waals surface area contributed by atoms with E-state index in [2.05, 4.69) is 0 Å². The van der Waals surface area contributed by atoms with Gasteiger partial charge in [-0.2, -0.15) is 0 Å². The van der Waals surface area contributed by atoms with Gasteiger partial charge in [0.05, 0.1) is 12.1 Å². The van der Waals surface area contributed by atoms with Crippen molar-refractivity contribution >= 4 is 35.4 Å². The summed E-state index contributed by atoms with van der Waals surface area (Å²) in [6, 6.07) is 11.6. The topological polar surface area (TPSA) is 98.2 Å². The summed E-state index contributed by atoms with van der Waals surface area (Å²) in [5.41, 5.74) is 1.01. The van der Waals surface area contributed by atoms with Gasteiger partial charge < -0.3 is 15.1 Å². The van der Waals surface area contributed by atoms with Crippen LogP contribution in [0.25, 0.3) is 0 Å². The Bertz CT molecular complexity index is 901. The molecule has 0 spiro atoms. The van der Waals surface area contributed by atoms with Gasteiger partial charge in [0, 0.05) is 11.4 Å². The maximum atomic E-state index is 13.0. The van der Waals surface area contributed by atoms with Crippen LogP contribution in [0.5, 0.6) is 5.75 Å². The van der Waals surface area contributed by atoms with Crippen LogP contribution in [0.1, 0.15) is 12.0 Å². The van der Waals surface area contributed by atoms with Crippen molar-refractivity contribution in [2.24, 2.45) is 0 Å². The lowest BCUT2D eigenvalue weighted by Crippen LogP contribution is -2.36. The zero-order valence-electron chi connectivity index (χ0n) is 14.5. The molecule has 8 heteroatoms. The number of rotatable bonds is 6. The highest BCUT2D eigenvalue weighted by Crippen LogP contribution is 2.30. The van der Waals surface area contributed by atoms with Gasteiger partial charge in [-0.15, -0.1) is 11.8 Å². The maximum Gasteiger partial charge on any atom is 0.332 e. The second kappa shape index (κ2) is 7.71. The average Bonchev–Trinajstić information content (AvgIpc) is 2.85. The van der Waals surface area contributed by atoms with E-state index in [1.54, 1.807) is 30.3 Å². The number of carboxylic acid groups (broad SMARTS) is 1. The quantitative estimate of drug-likeness (QED) is 0.585. The van der Waals surface area contributed by atoms with Gasteiger partial charge >= 0.3 is 12.0 Å². The van der Waals surface area contributed by atoms with Gasteiger partial charge in [0.1, 0.15) is 11.8 Å². The molecule has 7 nitrogen and oxygen atoms in total. The van der Waals surface area contributed by atoms with Crippen molar-refractivity contribution in [3.05, 3.63) is 54.1 Å². The number of phenolic OH excluding ortho intramolecular Hbond substituents is 1. The number of thioether (sulfide) groups is 1. The molecule has 1 aliphatic rings. The Morgan fingerprint density at radius 1 is 1.15 bits per heavy atom. The van der Waals surface area contributed by atoms with Crippen molar-refractivity contribution in [2.45, 2.75) is 23.9 Å². The molecule has 0 bridgehead atoms. The number of anilines is 1. The lowest BCUT2D eigenvalue weighted by atomic mass is 10.1. The summed E-state index contributed by atoms with van der Waals surface area (Å²) in [7, 11) is 0. The Balaban J connectivity index is 1.96. The van der Waals surface area contributed by atoms with Crippen LogP contribution in [0.4, 0.5) is 10.5 Å². The van der Waals surface area contributed by atoms with Gasteiger partial charge in [-0.05, 0) is 42.2 Å². The maximum absolute atomic E-state index is 13.0. The van der Waals surface area contributed by atoms with Crippen LogP contribution in [0.3, 0.4) is 0 Å². The fourth-order valence-electron chi connectivity index (χ4n) is 3.02. The van der Waals surface area contributed by atoms with E-state index in [4.69, 9.17) is 0 Å². The van der Waals surface area contributed by atoms with E-state index in [0.29, 0.717) is 11.3 Å². The first-order valence-electron chi connectivity index (χ1n) is 8.19. The summed E-state index contributed by atoms with van der Waals surface area (Å²) in [6.45, 7) is 0.0235. The molecule has 3 amide bonds. The predicted octanol–water partition coefficient (Wildman–Crippen LogP) is 2.93. The van der Waals surface area contributed by atoms with Crippen LogP contribution in [0.2, 0.25) is 0 Å². The number of amides is 3. The predicted molar refractivity (Wildman–Crippen MR) is 101 cm³/mol. The summed E-state index contributed by atoms with van der Waals surface area (Å²) in [5, 5.41) is 18.8. The zero-order valence-corrected chi connectivity index (χ0v) is 15.3. The fraction of sp³-hybridized carbons (Fsp3) is 0.211. The van der Waals surface area contributed by atoms with Crippen molar-refractivity contribution in [3.8, 4) is 5.75 Å². The van der Waals surface area contributed by atoms with Crippen LogP contribution in [0.15, 0.2) is 53.4 Å². The molecule has 3 rings (SSSR count). The highest BCUT2D eigenvalue weighted by atomic mass is 32.2. The molecule has 1 atom stereocenters. The third-order valence-electron chi connectivity index (χ3n) is 4.26. The number of aliphatic carboxylic acids is 1. The number of hydrogen-bond acceptors (Lipinski definition) is 5. The largest absolute Gasteiger partial charge is 0.508 e. The lowest BCUT2D eigenvalue weighted by molar-refractivity contribution is -0.140. The molecule has 27 heavy (non-hydrogen) atoms. The van der Waals surface area contributed by atoms with Gasteiger partial charge in [0.15, 0.2) is 0 Å². The minimum atomic E-state index is -1.17. The standard InChI is InChI=1S/C19H18N2O5S/c1-27-15-7-3-5-13(9-15)21-18(25)16(10-17(23)24)20(19(21)26)11-12-4-2-6-14(22)8-12/h2-9,16,22H,10-11H2,1H3,(H,23,24)/t16-/m0/s1. The Kier molecular flexibility index (Phi) is 5.36. The minimum Gasteiger partial charge on any atom is -0.508 e. The van der Waals surface area contributed by atoms with Crippen molar-refractivity contribution in [1.29, 1.82) is 0 Å². The zero-order chi connectivity index (χ0) is 19.6. The van der Waals surface area contributed by atoms with E-state index in [0.717, 1.165) is 9.80 Å². The molecule has 1 aliphatic heterocycles. The van der Waals surface area contributed by atoms with Crippen LogP contribution < -0.4 is 4.90 Å². The van der Waals surface area contributed by atoms with Crippen molar-refractivity contribution in [1.82, 2.24) is 4.90 Å². The normalized spacial score (nSPS) is 16.9. The van der Waals surface area contributed by atoms with Crippen LogP contribution in [-0.4, -0.2) is 45.3 Å². The van der Waals surface area contributed by atoms with Gasteiger partial charge in [-0.3, -0.25) is 9.59 Å². The molecular weight excluding hydrogens is 368 g/mol.